The molecule has 1 aliphatic rings. The fourth-order valence-electron chi connectivity index (χ4n) is 4.29. The first-order valence-corrected chi connectivity index (χ1v) is 12.4. The van der Waals surface area contributed by atoms with Crippen LogP contribution in [0.4, 0.5) is 0 Å². The maximum Gasteiger partial charge on any atom is 0.343 e. The largest absolute Gasteiger partial charge is 0.497 e. The molecule has 0 amide bonds. The number of nitriles is 1. The lowest BCUT2D eigenvalue weighted by molar-refractivity contribution is 0.0734. The predicted molar refractivity (Wildman–Crippen MR) is 146 cm³/mol. The molecule has 0 fully saturated rings. The number of hydrogen-bond donors (Lipinski definition) is 1. The van der Waals surface area contributed by atoms with Gasteiger partial charge in [0.05, 0.1) is 18.6 Å². The number of nitrogens with two attached hydrogens (primary N) is 1. The zero-order valence-corrected chi connectivity index (χ0v) is 21.6. The van der Waals surface area contributed by atoms with Gasteiger partial charge in [0.25, 0.3) is 0 Å². The molecule has 2 N–H and O–H groups in total. The Morgan fingerprint density at radius 1 is 0.974 bits per heavy atom. The number of hydrogen-bond acceptors (Lipinski definition) is 7. The third-order valence-corrected chi connectivity index (χ3v) is 6.47. The lowest BCUT2D eigenvalue weighted by atomic mass is 9.83. The molecule has 8 heteroatoms. The highest BCUT2D eigenvalue weighted by Crippen LogP contribution is 2.44. The van der Waals surface area contributed by atoms with Crippen LogP contribution in [-0.2, 0) is 6.61 Å². The van der Waals surface area contributed by atoms with E-state index in [1.807, 2.05) is 48.5 Å². The van der Waals surface area contributed by atoms with Gasteiger partial charge in [-0.1, -0.05) is 48.0 Å². The summed E-state index contributed by atoms with van der Waals surface area (Å²) in [5, 5.41) is 10.6. The van der Waals surface area contributed by atoms with Gasteiger partial charge in [-0.2, -0.15) is 5.26 Å². The van der Waals surface area contributed by atoms with Gasteiger partial charge in [0, 0.05) is 16.7 Å². The Bertz CT molecular complexity index is 1610. The summed E-state index contributed by atoms with van der Waals surface area (Å²) in [6.07, 6.45) is 0. The molecule has 4 aromatic rings. The number of methoxy groups -OCH3 is 1. The quantitative estimate of drug-likeness (QED) is 0.215. The van der Waals surface area contributed by atoms with E-state index in [1.54, 1.807) is 42.5 Å². The van der Waals surface area contributed by atoms with Crippen LogP contribution in [0.25, 0.3) is 0 Å². The minimum absolute atomic E-state index is 0.0150. The highest BCUT2D eigenvalue weighted by atomic mass is 35.5. The van der Waals surface area contributed by atoms with Crippen molar-refractivity contribution in [2.24, 2.45) is 5.73 Å². The standard InChI is InChI=1S/C31H23ClN2O5/c1-36-23-6-3-5-21(15-23)31(35)38-25-12-13-26-28(16-25)39-30(34)27(17-33)29(26)20-4-2-7-24(14-20)37-18-19-8-10-22(32)11-9-19/h2-16,29H,18,34H2,1H3. The molecule has 1 unspecified atom stereocenters. The smallest absolute Gasteiger partial charge is 0.343 e. The maximum absolute atomic E-state index is 12.7. The fraction of sp³-hybridized carbons (Fsp3) is 0.0968. The topological polar surface area (TPSA) is 104 Å². The van der Waals surface area contributed by atoms with E-state index in [2.05, 4.69) is 6.07 Å². The van der Waals surface area contributed by atoms with E-state index in [4.69, 9.17) is 36.3 Å². The molecule has 0 spiro atoms. The third kappa shape index (κ3) is 5.66. The minimum atomic E-state index is -0.548. The third-order valence-electron chi connectivity index (χ3n) is 6.22. The molecule has 0 radical (unpaired) electrons. The summed E-state index contributed by atoms with van der Waals surface area (Å²) in [6.45, 7) is 0.357. The molecule has 7 nitrogen and oxygen atoms in total. The summed E-state index contributed by atoms with van der Waals surface area (Å²) in [4.78, 5) is 12.7. The Balaban J connectivity index is 1.41. The SMILES string of the molecule is COc1cccc(C(=O)Oc2ccc3c(c2)OC(N)=C(C#N)C3c2cccc(OCc3ccc(Cl)cc3)c2)c1. The Hall–Kier alpha value is -4.93. The fourth-order valence-corrected chi connectivity index (χ4v) is 4.42. The van der Waals surface area contributed by atoms with Crippen LogP contribution in [0.1, 0.15) is 33.0 Å². The molecule has 0 saturated heterocycles. The summed E-state index contributed by atoms with van der Waals surface area (Å²) >= 11 is 5.97. The number of allylic oxidation sites excluding steroid dienone is 1. The molecule has 0 bridgehead atoms. The van der Waals surface area contributed by atoms with Crippen LogP contribution in [0.2, 0.25) is 5.02 Å². The molecular weight excluding hydrogens is 516 g/mol. The lowest BCUT2D eigenvalue weighted by Gasteiger charge is -2.27. The van der Waals surface area contributed by atoms with Gasteiger partial charge in [-0.05, 0) is 59.7 Å². The average Bonchev–Trinajstić information content (AvgIpc) is 2.96. The summed E-state index contributed by atoms with van der Waals surface area (Å²) in [5.41, 5.74) is 9.26. The van der Waals surface area contributed by atoms with Gasteiger partial charge in [-0.3, -0.25) is 0 Å². The Morgan fingerprint density at radius 2 is 1.74 bits per heavy atom. The van der Waals surface area contributed by atoms with Crippen LogP contribution in [-0.4, -0.2) is 13.1 Å². The second-order valence-electron chi connectivity index (χ2n) is 8.73. The van der Waals surface area contributed by atoms with Gasteiger partial charge in [-0.25, -0.2) is 4.79 Å². The molecule has 1 aliphatic heterocycles. The molecule has 39 heavy (non-hydrogen) atoms. The molecule has 0 saturated carbocycles. The minimum Gasteiger partial charge on any atom is -0.497 e. The van der Waals surface area contributed by atoms with Crippen molar-refractivity contribution in [2.45, 2.75) is 12.5 Å². The van der Waals surface area contributed by atoms with Crippen LogP contribution >= 0.6 is 11.6 Å². The summed E-state index contributed by atoms with van der Waals surface area (Å²) in [5.74, 6) is 0.777. The molecule has 1 atom stereocenters. The molecule has 5 rings (SSSR count). The first-order valence-electron chi connectivity index (χ1n) is 12.0. The second-order valence-corrected chi connectivity index (χ2v) is 9.17. The summed E-state index contributed by atoms with van der Waals surface area (Å²) in [7, 11) is 1.52. The number of carbonyl (C=O) groups excluding carboxylic acids is 1. The van der Waals surface area contributed by atoms with Gasteiger partial charge in [-0.15, -0.1) is 0 Å². The van der Waals surface area contributed by atoms with Gasteiger partial charge in [0.2, 0.25) is 5.88 Å². The second kappa shape index (κ2) is 11.2. The van der Waals surface area contributed by atoms with Crippen molar-refractivity contribution in [2.75, 3.05) is 7.11 Å². The number of ether oxygens (including phenoxy) is 4. The highest BCUT2D eigenvalue weighted by Gasteiger charge is 2.31. The molecular formula is C31H23ClN2O5. The van der Waals surface area contributed by atoms with Crippen molar-refractivity contribution in [3.05, 3.63) is 130 Å². The highest BCUT2D eigenvalue weighted by molar-refractivity contribution is 6.30. The van der Waals surface area contributed by atoms with Crippen molar-refractivity contribution < 1.29 is 23.7 Å². The number of halogens is 1. The van der Waals surface area contributed by atoms with E-state index >= 15 is 0 Å². The lowest BCUT2D eigenvalue weighted by Crippen LogP contribution is -2.21. The number of esters is 1. The predicted octanol–water partition coefficient (Wildman–Crippen LogP) is 6.36. The van der Waals surface area contributed by atoms with E-state index in [9.17, 15) is 10.1 Å². The molecule has 0 aromatic heterocycles. The van der Waals surface area contributed by atoms with Crippen molar-refractivity contribution in [1.82, 2.24) is 0 Å². The molecule has 194 valence electrons. The first-order chi connectivity index (χ1) is 18.9. The van der Waals surface area contributed by atoms with Gasteiger partial charge >= 0.3 is 5.97 Å². The van der Waals surface area contributed by atoms with E-state index in [0.29, 0.717) is 40.0 Å². The number of nitrogens with zero attached hydrogens (tertiary/aromatic N) is 1. The van der Waals surface area contributed by atoms with Crippen LogP contribution < -0.4 is 24.7 Å². The van der Waals surface area contributed by atoms with Crippen LogP contribution in [0.5, 0.6) is 23.0 Å². The van der Waals surface area contributed by atoms with Gasteiger partial charge < -0.3 is 24.7 Å². The maximum atomic E-state index is 12.7. The van der Waals surface area contributed by atoms with Crippen molar-refractivity contribution in [3.8, 4) is 29.1 Å². The summed E-state index contributed by atoms with van der Waals surface area (Å²) < 4.78 is 22.5. The molecule has 4 aromatic carbocycles. The average molecular weight is 539 g/mol. The summed E-state index contributed by atoms with van der Waals surface area (Å²) in [6, 6.07) is 28.8. The van der Waals surface area contributed by atoms with Gasteiger partial charge in [0.1, 0.15) is 41.2 Å². The number of carbonyl (C=O) groups is 1. The number of rotatable bonds is 7. The first kappa shape index (κ1) is 25.7. The van der Waals surface area contributed by atoms with E-state index in [1.165, 1.54) is 7.11 Å². The van der Waals surface area contributed by atoms with Crippen molar-refractivity contribution >= 4 is 17.6 Å². The Labute approximate surface area is 230 Å². The van der Waals surface area contributed by atoms with E-state index in [-0.39, 0.29) is 17.2 Å². The Kier molecular flexibility index (Phi) is 7.39. The molecule has 1 heterocycles. The zero-order valence-electron chi connectivity index (χ0n) is 20.9. The van der Waals surface area contributed by atoms with Crippen molar-refractivity contribution in [1.29, 1.82) is 5.26 Å². The monoisotopic (exact) mass is 538 g/mol. The van der Waals surface area contributed by atoms with Crippen LogP contribution in [0, 0.1) is 11.3 Å². The normalized spacial score (nSPS) is 14.0. The van der Waals surface area contributed by atoms with Crippen molar-refractivity contribution in [3.63, 3.8) is 0 Å². The number of fused-ring (bicyclic) bond motifs is 1. The van der Waals surface area contributed by atoms with E-state index < -0.39 is 11.9 Å². The number of benzene rings is 4. The molecule has 0 aliphatic carbocycles. The zero-order chi connectivity index (χ0) is 27.4. The Morgan fingerprint density at radius 3 is 2.51 bits per heavy atom. The van der Waals surface area contributed by atoms with Crippen LogP contribution in [0.15, 0.2) is 102 Å². The van der Waals surface area contributed by atoms with Gasteiger partial charge in [0.15, 0.2) is 0 Å². The van der Waals surface area contributed by atoms with E-state index in [0.717, 1.165) is 11.1 Å². The van der Waals surface area contributed by atoms with Crippen LogP contribution in [0.3, 0.4) is 0 Å².